The van der Waals surface area contributed by atoms with Gasteiger partial charge in [-0.3, -0.25) is 9.69 Å². The number of hydrogen-bond donors (Lipinski definition) is 1. The molecule has 114 valence electrons. The third-order valence-electron chi connectivity index (χ3n) is 5.19. The van der Waals surface area contributed by atoms with Gasteiger partial charge in [-0.1, -0.05) is 31.2 Å². The number of carboxylic acid groups (broad SMARTS) is 1. The Morgan fingerprint density at radius 3 is 2.90 bits per heavy atom. The van der Waals surface area contributed by atoms with Gasteiger partial charge in [0, 0.05) is 13.1 Å². The summed E-state index contributed by atoms with van der Waals surface area (Å²) in [6.45, 7) is 4.59. The number of carboxylic acids is 1. The SMILES string of the molecule is CCC1(C(=O)O)CCCN(Cc2cccc(C3CC3)c2)C1. The van der Waals surface area contributed by atoms with E-state index in [0.717, 1.165) is 38.3 Å². The van der Waals surface area contributed by atoms with E-state index in [1.165, 1.54) is 24.0 Å². The lowest BCUT2D eigenvalue weighted by molar-refractivity contribution is -0.153. The molecule has 3 nitrogen and oxygen atoms in total. The Morgan fingerprint density at radius 2 is 2.24 bits per heavy atom. The van der Waals surface area contributed by atoms with Gasteiger partial charge in [0.25, 0.3) is 0 Å². The highest BCUT2D eigenvalue weighted by Gasteiger charge is 2.40. The van der Waals surface area contributed by atoms with Crippen molar-refractivity contribution in [3.8, 4) is 0 Å². The Balaban J connectivity index is 1.69. The Bertz CT molecular complexity index is 524. The fraction of sp³-hybridized carbons (Fsp3) is 0.611. The molecule has 2 aliphatic rings. The Kier molecular flexibility index (Phi) is 4.03. The van der Waals surface area contributed by atoms with Gasteiger partial charge >= 0.3 is 5.97 Å². The van der Waals surface area contributed by atoms with E-state index in [1.807, 2.05) is 6.92 Å². The molecule has 1 saturated carbocycles. The zero-order valence-corrected chi connectivity index (χ0v) is 12.8. The molecule has 2 fully saturated rings. The van der Waals surface area contributed by atoms with Crippen LogP contribution in [0.1, 0.15) is 56.1 Å². The van der Waals surface area contributed by atoms with E-state index >= 15 is 0 Å². The van der Waals surface area contributed by atoms with Crippen LogP contribution in [0.15, 0.2) is 24.3 Å². The molecule has 0 bridgehead atoms. The van der Waals surface area contributed by atoms with Crippen LogP contribution in [0.25, 0.3) is 0 Å². The average molecular weight is 287 g/mol. The summed E-state index contributed by atoms with van der Waals surface area (Å²) in [6, 6.07) is 8.87. The van der Waals surface area contributed by atoms with Crippen LogP contribution in [0.5, 0.6) is 0 Å². The van der Waals surface area contributed by atoms with Crippen molar-refractivity contribution in [2.75, 3.05) is 13.1 Å². The molecule has 1 aromatic carbocycles. The molecule has 1 atom stereocenters. The minimum absolute atomic E-state index is 0.535. The summed E-state index contributed by atoms with van der Waals surface area (Å²) in [4.78, 5) is 14.0. The third-order valence-corrected chi connectivity index (χ3v) is 5.19. The molecule has 0 spiro atoms. The summed E-state index contributed by atoms with van der Waals surface area (Å²) >= 11 is 0. The summed E-state index contributed by atoms with van der Waals surface area (Å²) in [5.74, 6) is 0.154. The van der Waals surface area contributed by atoms with Crippen LogP contribution < -0.4 is 0 Å². The van der Waals surface area contributed by atoms with Gasteiger partial charge in [0.15, 0.2) is 0 Å². The average Bonchev–Trinajstić information content (AvgIpc) is 3.32. The van der Waals surface area contributed by atoms with E-state index in [2.05, 4.69) is 29.2 Å². The quantitative estimate of drug-likeness (QED) is 0.899. The molecule has 3 rings (SSSR count). The van der Waals surface area contributed by atoms with Crippen molar-refractivity contribution < 1.29 is 9.90 Å². The summed E-state index contributed by atoms with van der Waals surface area (Å²) in [5.41, 5.74) is 2.26. The minimum Gasteiger partial charge on any atom is -0.481 e. The van der Waals surface area contributed by atoms with Crippen molar-refractivity contribution in [3.63, 3.8) is 0 Å². The van der Waals surface area contributed by atoms with Crippen LogP contribution >= 0.6 is 0 Å². The van der Waals surface area contributed by atoms with Gasteiger partial charge in [-0.2, -0.15) is 0 Å². The Labute approximate surface area is 127 Å². The van der Waals surface area contributed by atoms with Crippen LogP contribution in [-0.2, 0) is 11.3 Å². The number of rotatable bonds is 5. The first kappa shape index (κ1) is 14.6. The van der Waals surface area contributed by atoms with Crippen molar-refractivity contribution in [2.45, 2.75) is 51.5 Å². The van der Waals surface area contributed by atoms with Gasteiger partial charge in [0.05, 0.1) is 5.41 Å². The van der Waals surface area contributed by atoms with Crippen molar-refractivity contribution >= 4 is 5.97 Å². The third kappa shape index (κ3) is 3.13. The number of benzene rings is 1. The minimum atomic E-state index is -0.624. The molecule has 1 aliphatic heterocycles. The van der Waals surface area contributed by atoms with Crippen molar-refractivity contribution in [2.24, 2.45) is 5.41 Å². The maximum Gasteiger partial charge on any atom is 0.310 e. The van der Waals surface area contributed by atoms with Crippen molar-refractivity contribution in [1.82, 2.24) is 4.90 Å². The van der Waals surface area contributed by atoms with Gasteiger partial charge in [-0.05, 0) is 55.7 Å². The van der Waals surface area contributed by atoms with E-state index in [4.69, 9.17) is 0 Å². The van der Waals surface area contributed by atoms with E-state index in [-0.39, 0.29) is 0 Å². The van der Waals surface area contributed by atoms with Gasteiger partial charge in [0.2, 0.25) is 0 Å². The van der Waals surface area contributed by atoms with Gasteiger partial charge in [0.1, 0.15) is 0 Å². The highest BCUT2D eigenvalue weighted by Crippen LogP contribution is 2.40. The van der Waals surface area contributed by atoms with Crippen LogP contribution in [0.3, 0.4) is 0 Å². The molecular formula is C18H25NO2. The number of aliphatic carboxylic acids is 1. The topological polar surface area (TPSA) is 40.5 Å². The van der Waals surface area contributed by atoms with Crippen molar-refractivity contribution in [1.29, 1.82) is 0 Å². The second-order valence-electron chi connectivity index (χ2n) is 6.77. The molecule has 1 heterocycles. The number of nitrogens with zero attached hydrogens (tertiary/aromatic N) is 1. The summed E-state index contributed by atoms with van der Waals surface area (Å²) in [7, 11) is 0. The van der Waals surface area contributed by atoms with E-state index in [0.29, 0.717) is 6.54 Å². The van der Waals surface area contributed by atoms with Crippen LogP contribution in [0, 0.1) is 5.41 Å². The number of hydrogen-bond acceptors (Lipinski definition) is 2. The second kappa shape index (κ2) is 5.80. The molecule has 1 unspecified atom stereocenters. The lowest BCUT2D eigenvalue weighted by Crippen LogP contribution is -2.47. The standard InChI is InChI=1S/C18H25NO2/c1-2-18(17(20)21)9-4-10-19(13-18)12-14-5-3-6-16(11-14)15-7-8-15/h3,5-6,11,15H,2,4,7-10,12-13H2,1H3,(H,20,21). The molecule has 3 heteroatoms. The summed E-state index contributed by atoms with van der Waals surface area (Å²) in [6.07, 6.45) is 5.18. The predicted molar refractivity (Wildman–Crippen MR) is 83.3 cm³/mol. The number of piperidine rings is 1. The highest BCUT2D eigenvalue weighted by atomic mass is 16.4. The molecule has 1 aromatic rings. The fourth-order valence-corrected chi connectivity index (χ4v) is 3.60. The van der Waals surface area contributed by atoms with Crippen LogP contribution in [-0.4, -0.2) is 29.1 Å². The Morgan fingerprint density at radius 1 is 1.43 bits per heavy atom. The van der Waals surface area contributed by atoms with E-state index in [1.54, 1.807) is 0 Å². The summed E-state index contributed by atoms with van der Waals surface area (Å²) in [5, 5.41) is 9.57. The normalized spacial score (nSPS) is 26.7. The van der Waals surface area contributed by atoms with E-state index < -0.39 is 11.4 Å². The van der Waals surface area contributed by atoms with E-state index in [9.17, 15) is 9.90 Å². The zero-order valence-electron chi connectivity index (χ0n) is 12.8. The number of carbonyl (C=O) groups is 1. The molecule has 1 aliphatic carbocycles. The molecule has 0 aromatic heterocycles. The van der Waals surface area contributed by atoms with Crippen LogP contribution in [0.2, 0.25) is 0 Å². The predicted octanol–water partition coefficient (Wildman–Crippen LogP) is 3.64. The van der Waals surface area contributed by atoms with Gasteiger partial charge in [-0.15, -0.1) is 0 Å². The fourth-order valence-electron chi connectivity index (χ4n) is 3.60. The Hall–Kier alpha value is -1.35. The smallest absolute Gasteiger partial charge is 0.310 e. The molecule has 0 radical (unpaired) electrons. The van der Waals surface area contributed by atoms with Gasteiger partial charge in [-0.25, -0.2) is 0 Å². The molecular weight excluding hydrogens is 262 g/mol. The maximum atomic E-state index is 11.6. The molecule has 0 amide bonds. The first-order valence-electron chi connectivity index (χ1n) is 8.17. The monoisotopic (exact) mass is 287 g/mol. The summed E-state index contributed by atoms with van der Waals surface area (Å²) < 4.78 is 0. The zero-order chi connectivity index (χ0) is 14.9. The molecule has 1 N–H and O–H groups in total. The highest BCUT2D eigenvalue weighted by molar-refractivity contribution is 5.75. The lowest BCUT2D eigenvalue weighted by Gasteiger charge is -2.39. The number of likely N-dealkylation sites (tertiary alicyclic amines) is 1. The molecule has 21 heavy (non-hydrogen) atoms. The lowest BCUT2D eigenvalue weighted by atomic mass is 9.77. The van der Waals surface area contributed by atoms with Crippen molar-refractivity contribution in [3.05, 3.63) is 35.4 Å². The van der Waals surface area contributed by atoms with Crippen LogP contribution in [0.4, 0.5) is 0 Å². The second-order valence-corrected chi connectivity index (χ2v) is 6.77. The van der Waals surface area contributed by atoms with Gasteiger partial charge < -0.3 is 5.11 Å². The maximum absolute atomic E-state index is 11.6. The first-order chi connectivity index (χ1) is 10.1. The first-order valence-corrected chi connectivity index (χ1v) is 8.17. The largest absolute Gasteiger partial charge is 0.481 e. The molecule has 1 saturated heterocycles.